The fourth-order valence-electron chi connectivity index (χ4n) is 2.31. The molecule has 0 atom stereocenters. The van der Waals surface area contributed by atoms with Crippen LogP contribution in [0.15, 0.2) is 53.8 Å². The monoisotopic (exact) mass is 403 g/mol. The molecule has 0 unspecified atom stereocenters. The van der Waals surface area contributed by atoms with E-state index in [1.807, 2.05) is 41.8 Å². The molecule has 7 nitrogen and oxygen atoms in total. The van der Waals surface area contributed by atoms with Crippen LogP contribution >= 0.6 is 23.4 Å². The molecule has 0 aliphatic heterocycles. The van der Waals surface area contributed by atoms with Crippen LogP contribution in [0.2, 0.25) is 5.15 Å². The minimum absolute atomic E-state index is 0.183. The number of thioether (sulfide) groups is 1. The Morgan fingerprint density at radius 1 is 1.22 bits per heavy atom. The SMILES string of the molecule is CCn1c(COc2ccccc2)nnc1SCC(=O)Nc1cccnc1Cl. The van der Waals surface area contributed by atoms with Crippen LogP contribution in [0, 0.1) is 0 Å². The summed E-state index contributed by atoms with van der Waals surface area (Å²) >= 11 is 7.25. The van der Waals surface area contributed by atoms with Crippen molar-refractivity contribution in [3.05, 3.63) is 59.6 Å². The van der Waals surface area contributed by atoms with Gasteiger partial charge < -0.3 is 14.6 Å². The number of nitrogens with zero attached hydrogens (tertiary/aromatic N) is 4. The molecule has 1 N–H and O–H groups in total. The Hall–Kier alpha value is -2.58. The number of carbonyl (C=O) groups excluding carboxylic acids is 1. The molecule has 0 saturated carbocycles. The Balaban J connectivity index is 1.58. The van der Waals surface area contributed by atoms with Crippen molar-refractivity contribution in [1.29, 1.82) is 0 Å². The van der Waals surface area contributed by atoms with Gasteiger partial charge >= 0.3 is 0 Å². The van der Waals surface area contributed by atoms with Gasteiger partial charge in [0, 0.05) is 12.7 Å². The van der Waals surface area contributed by atoms with Crippen molar-refractivity contribution >= 4 is 35.0 Å². The number of hydrogen-bond donors (Lipinski definition) is 1. The fraction of sp³-hybridized carbons (Fsp3) is 0.222. The molecule has 0 saturated heterocycles. The normalized spacial score (nSPS) is 10.6. The third kappa shape index (κ3) is 5.21. The first-order valence-corrected chi connectivity index (χ1v) is 9.66. The summed E-state index contributed by atoms with van der Waals surface area (Å²) in [5, 5.41) is 12.0. The number of carbonyl (C=O) groups is 1. The number of pyridine rings is 1. The summed E-state index contributed by atoms with van der Waals surface area (Å²) in [6.07, 6.45) is 1.56. The predicted molar refractivity (Wildman–Crippen MR) is 105 cm³/mol. The second-order valence-electron chi connectivity index (χ2n) is 5.42. The zero-order valence-electron chi connectivity index (χ0n) is 14.6. The standard InChI is InChI=1S/C18H18ClN5O2S/c1-2-24-15(11-26-13-7-4-3-5-8-13)22-23-18(24)27-12-16(25)21-14-9-6-10-20-17(14)19/h3-10H,2,11-12H2,1H3,(H,21,25). The van der Waals surface area contributed by atoms with Crippen molar-refractivity contribution in [3.8, 4) is 5.75 Å². The van der Waals surface area contributed by atoms with Gasteiger partial charge in [-0.1, -0.05) is 41.6 Å². The second kappa shape index (κ2) is 9.38. The lowest BCUT2D eigenvalue weighted by Gasteiger charge is -2.09. The van der Waals surface area contributed by atoms with Gasteiger partial charge in [-0.05, 0) is 31.2 Å². The maximum Gasteiger partial charge on any atom is 0.234 e. The minimum Gasteiger partial charge on any atom is -0.486 e. The topological polar surface area (TPSA) is 81.9 Å². The lowest BCUT2D eigenvalue weighted by molar-refractivity contribution is -0.113. The smallest absolute Gasteiger partial charge is 0.234 e. The van der Waals surface area contributed by atoms with Crippen molar-refractivity contribution in [2.75, 3.05) is 11.1 Å². The van der Waals surface area contributed by atoms with Gasteiger partial charge in [0.1, 0.15) is 12.4 Å². The highest BCUT2D eigenvalue weighted by atomic mass is 35.5. The van der Waals surface area contributed by atoms with Crippen molar-refractivity contribution in [2.24, 2.45) is 0 Å². The number of hydrogen-bond acceptors (Lipinski definition) is 6. The van der Waals surface area contributed by atoms with E-state index < -0.39 is 0 Å². The van der Waals surface area contributed by atoms with E-state index in [1.54, 1.807) is 18.3 Å². The number of para-hydroxylation sites is 1. The zero-order chi connectivity index (χ0) is 19.1. The highest BCUT2D eigenvalue weighted by Gasteiger charge is 2.14. The average molecular weight is 404 g/mol. The number of anilines is 1. The Morgan fingerprint density at radius 3 is 2.78 bits per heavy atom. The maximum atomic E-state index is 12.2. The molecule has 2 heterocycles. The second-order valence-corrected chi connectivity index (χ2v) is 6.72. The third-order valence-electron chi connectivity index (χ3n) is 3.59. The molecule has 0 radical (unpaired) electrons. The molecule has 27 heavy (non-hydrogen) atoms. The zero-order valence-corrected chi connectivity index (χ0v) is 16.2. The first-order valence-electron chi connectivity index (χ1n) is 8.30. The van der Waals surface area contributed by atoms with E-state index in [1.165, 1.54) is 11.8 Å². The van der Waals surface area contributed by atoms with Gasteiger partial charge in [-0.2, -0.15) is 0 Å². The summed E-state index contributed by atoms with van der Waals surface area (Å²) in [4.78, 5) is 16.1. The van der Waals surface area contributed by atoms with Gasteiger partial charge in [0.15, 0.2) is 16.1 Å². The molecule has 0 bridgehead atoms. The number of nitrogens with one attached hydrogen (secondary N) is 1. The van der Waals surface area contributed by atoms with Crippen molar-refractivity contribution in [1.82, 2.24) is 19.7 Å². The Morgan fingerprint density at radius 2 is 2.04 bits per heavy atom. The van der Waals surface area contributed by atoms with Crippen LogP contribution in [0.3, 0.4) is 0 Å². The van der Waals surface area contributed by atoms with Crippen molar-refractivity contribution < 1.29 is 9.53 Å². The Bertz CT molecular complexity index is 904. The molecule has 0 aliphatic rings. The van der Waals surface area contributed by atoms with E-state index in [2.05, 4.69) is 20.5 Å². The largest absolute Gasteiger partial charge is 0.486 e. The van der Waals surface area contributed by atoms with E-state index in [-0.39, 0.29) is 16.8 Å². The Kier molecular flexibility index (Phi) is 6.67. The molecular weight excluding hydrogens is 386 g/mol. The molecule has 140 valence electrons. The summed E-state index contributed by atoms with van der Waals surface area (Å²) in [6.45, 7) is 2.98. The number of benzene rings is 1. The minimum atomic E-state index is -0.192. The molecular formula is C18H18ClN5O2S. The average Bonchev–Trinajstić information content (AvgIpc) is 3.09. The summed E-state index contributed by atoms with van der Waals surface area (Å²) in [5.74, 6) is 1.47. The van der Waals surface area contributed by atoms with Crippen LogP contribution in [-0.4, -0.2) is 31.4 Å². The van der Waals surface area contributed by atoms with Crippen LogP contribution in [0.1, 0.15) is 12.7 Å². The number of rotatable bonds is 8. The predicted octanol–water partition coefficient (Wildman–Crippen LogP) is 3.66. The van der Waals surface area contributed by atoms with Gasteiger partial charge in [0.25, 0.3) is 0 Å². The summed E-state index contributed by atoms with van der Waals surface area (Å²) in [7, 11) is 0. The Labute approximate surface area is 166 Å². The number of aromatic nitrogens is 4. The van der Waals surface area contributed by atoms with Crippen molar-refractivity contribution in [3.63, 3.8) is 0 Å². The lowest BCUT2D eigenvalue weighted by atomic mass is 10.3. The van der Waals surface area contributed by atoms with E-state index in [4.69, 9.17) is 16.3 Å². The van der Waals surface area contributed by atoms with Gasteiger partial charge in [-0.25, -0.2) is 4.98 Å². The number of halogens is 1. The van der Waals surface area contributed by atoms with Crippen LogP contribution < -0.4 is 10.1 Å². The maximum absolute atomic E-state index is 12.2. The molecule has 9 heteroatoms. The van der Waals surface area contributed by atoms with E-state index in [9.17, 15) is 4.79 Å². The molecule has 0 aliphatic carbocycles. The van der Waals surface area contributed by atoms with Gasteiger partial charge in [0.2, 0.25) is 5.91 Å². The quantitative estimate of drug-likeness (QED) is 0.456. The van der Waals surface area contributed by atoms with Gasteiger partial charge in [-0.3, -0.25) is 4.79 Å². The first-order chi connectivity index (χ1) is 13.2. The number of ether oxygens (including phenoxy) is 1. The van der Waals surface area contributed by atoms with E-state index in [0.29, 0.717) is 29.8 Å². The summed E-state index contributed by atoms with van der Waals surface area (Å²) < 4.78 is 7.66. The van der Waals surface area contributed by atoms with Crippen LogP contribution in [-0.2, 0) is 17.9 Å². The van der Waals surface area contributed by atoms with Gasteiger partial charge in [0.05, 0.1) is 11.4 Å². The van der Waals surface area contributed by atoms with Crippen LogP contribution in [0.4, 0.5) is 5.69 Å². The van der Waals surface area contributed by atoms with E-state index in [0.717, 1.165) is 5.75 Å². The third-order valence-corrected chi connectivity index (χ3v) is 4.85. The molecule has 1 amide bonds. The highest BCUT2D eigenvalue weighted by molar-refractivity contribution is 7.99. The van der Waals surface area contributed by atoms with Crippen molar-refractivity contribution in [2.45, 2.75) is 25.2 Å². The fourth-order valence-corrected chi connectivity index (χ4v) is 3.30. The van der Waals surface area contributed by atoms with Crippen LogP contribution in [0.25, 0.3) is 0 Å². The van der Waals surface area contributed by atoms with Gasteiger partial charge in [-0.15, -0.1) is 10.2 Å². The first kappa shape index (κ1) is 19.2. The summed E-state index contributed by atoms with van der Waals surface area (Å²) in [6, 6.07) is 12.9. The molecule has 0 fully saturated rings. The number of amides is 1. The molecule has 2 aromatic heterocycles. The summed E-state index contributed by atoms with van der Waals surface area (Å²) in [5.41, 5.74) is 0.485. The molecule has 1 aromatic carbocycles. The van der Waals surface area contributed by atoms with E-state index >= 15 is 0 Å². The molecule has 3 aromatic rings. The molecule has 0 spiro atoms. The molecule has 3 rings (SSSR count). The highest BCUT2D eigenvalue weighted by Crippen LogP contribution is 2.21. The van der Waals surface area contributed by atoms with Crippen LogP contribution in [0.5, 0.6) is 5.75 Å². The lowest BCUT2D eigenvalue weighted by Crippen LogP contribution is -2.15.